The van der Waals surface area contributed by atoms with Crippen molar-refractivity contribution in [2.24, 2.45) is 14.1 Å². The molecule has 4 aromatic rings. The Balaban J connectivity index is 1.29. The van der Waals surface area contributed by atoms with E-state index in [2.05, 4.69) is 9.97 Å². The smallest absolute Gasteiger partial charge is 0.342 e. The molecule has 170 valence electrons. The molecule has 2 aromatic carbocycles. The summed E-state index contributed by atoms with van der Waals surface area (Å²) in [6.45, 7) is 2.58. The summed E-state index contributed by atoms with van der Waals surface area (Å²) in [4.78, 5) is 21.0. The number of hydrogen-bond acceptors (Lipinski definition) is 7. The van der Waals surface area contributed by atoms with E-state index in [0.29, 0.717) is 18.2 Å². The monoisotopic (exact) mass is 465 g/mol. The van der Waals surface area contributed by atoms with E-state index in [1.54, 1.807) is 18.8 Å². The molecule has 10 heteroatoms. The minimum atomic E-state index is -0.470. The standard InChI is InChI=1S/C23H23N5O4S/c1-16-12-24-21(26(16)2)14-31-17-4-8-19(9-5-17)33-20-10-6-18(7-11-20)32-15-22-25-13-23(27(22)3)28(29)30/h4-13H,14-15H2,1-3H3. The molecular weight excluding hydrogens is 442 g/mol. The van der Waals surface area contributed by atoms with Crippen molar-refractivity contribution >= 4 is 17.6 Å². The maximum atomic E-state index is 10.9. The van der Waals surface area contributed by atoms with Gasteiger partial charge in [0.15, 0.2) is 6.61 Å². The molecule has 0 amide bonds. The predicted molar refractivity (Wildman–Crippen MR) is 123 cm³/mol. The van der Waals surface area contributed by atoms with Gasteiger partial charge in [0.25, 0.3) is 0 Å². The van der Waals surface area contributed by atoms with E-state index in [-0.39, 0.29) is 12.4 Å². The Kier molecular flexibility index (Phi) is 6.64. The minimum Gasteiger partial charge on any atom is -0.486 e. The third kappa shape index (κ3) is 5.35. The quantitative estimate of drug-likeness (QED) is 0.261. The van der Waals surface area contributed by atoms with Gasteiger partial charge in [-0.15, -0.1) is 0 Å². The topological polar surface area (TPSA) is 97.2 Å². The van der Waals surface area contributed by atoms with Gasteiger partial charge in [0.1, 0.15) is 30.1 Å². The second-order valence-electron chi connectivity index (χ2n) is 7.35. The van der Waals surface area contributed by atoms with Gasteiger partial charge in [-0.1, -0.05) is 11.8 Å². The average Bonchev–Trinajstić information content (AvgIpc) is 3.34. The molecule has 0 fully saturated rings. The lowest BCUT2D eigenvalue weighted by Crippen LogP contribution is -2.05. The first kappa shape index (κ1) is 22.4. The summed E-state index contributed by atoms with van der Waals surface area (Å²) in [6, 6.07) is 15.6. The Hall–Kier alpha value is -3.79. The number of nitrogens with zero attached hydrogens (tertiary/aromatic N) is 5. The van der Waals surface area contributed by atoms with Crippen LogP contribution in [0.15, 0.2) is 70.7 Å². The van der Waals surface area contributed by atoms with Crippen molar-refractivity contribution < 1.29 is 14.4 Å². The number of rotatable bonds is 9. The van der Waals surface area contributed by atoms with Crippen LogP contribution in [0.3, 0.4) is 0 Å². The van der Waals surface area contributed by atoms with Gasteiger partial charge in [-0.3, -0.25) is 0 Å². The summed E-state index contributed by atoms with van der Waals surface area (Å²) in [5.41, 5.74) is 1.09. The average molecular weight is 466 g/mol. The third-order valence-electron chi connectivity index (χ3n) is 5.18. The first-order chi connectivity index (χ1) is 15.9. The number of imidazole rings is 2. The van der Waals surface area contributed by atoms with Gasteiger partial charge < -0.3 is 24.2 Å². The van der Waals surface area contributed by atoms with Crippen LogP contribution in [0.4, 0.5) is 5.82 Å². The molecule has 0 aliphatic heterocycles. The van der Waals surface area contributed by atoms with Crippen molar-refractivity contribution in [3.63, 3.8) is 0 Å². The lowest BCUT2D eigenvalue weighted by molar-refractivity contribution is -0.391. The highest BCUT2D eigenvalue weighted by molar-refractivity contribution is 7.99. The molecule has 2 aromatic heterocycles. The molecule has 33 heavy (non-hydrogen) atoms. The van der Waals surface area contributed by atoms with Crippen LogP contribution in [-0.2, 0) is 27.3 Å². The van der Waals surface area contributed by atoms with Gasteiger partial charge in [0.2, 0.25) is 5.82 Å². The molecular formula is C23H23N5O4S. The van der Waals surface area contributed by atoms with E-state index in [4.69, 9.17) is 9.47 Å². The number of benzene rings is 2. The number of aryl methyl sites for hydroxylation is 1. The molecule has 0 atom stereocenters. The molecule has 0 saturated heterocycles. The second-order valence-corrected chi connectivity index (χ2v) is 8.49. The second kappa shape index (κ2) is 9.78. The van der Waals surface area contributed by atoms with E-state index in [1.807, 2.05) is 73.3 Å². The summed E-state index contributed by atoms with van der Waals surface area (Å²) in [7, 11) is 3.57. The van der Waals surface area contributed by atoms with Crippen LogP contribution in [0.1, 0.15) is 17.3 Å². The van der Waals surface area contributed by atoms with Crippen molar-refractivity contribution in [2.45, 2.75) is 29.9 Å². The van der Waals surface area contributed by atoms with E-state index in [0.717, 1.165) is 27.1 Å². The maximum Gasteiger partial charge on any atom is 0.342 e. The fourth-order valence-corrected chi connectivity index (χ4v) is 3.88. The largest absolute Gasteiger partial charge is 0.486 e. The molecule has 0 unspecified atom stereocenters. The molecule has 0 radical (unpaired) electrons. The Morgan fingerprint density at radius 3 is 1.76 bits per heavy atom. The van der Waals surface area contributed by atoms with E-state index < -0.39 is 4.92 Å². The summed E-state index contributed by atoms with van der Waals surface area (Å²) < 4.78 is 15.0. The summed E-state index contributed by atoms with van der Waals surface area (Å²) in [5.74, 6) is 2.76. The maximum absolute atomic E-state index is 10.9. The predicted octanol–water partition coefficient (Wildman–Crippen LogP) is 4.68. The van der Waals surface area contributed by atoms with Gasteiger partial charge in [0, 0.05) is 28.7 Å². The zero-order valence-electron chi connectivity index (χ0n) is 18.5. The summed E-state index contributed by atoms with van der Waals surface area (Å²) in [5, 5.41) is 10.9. The molecule has 0 saturated carbocycles. The van der Waals surface area contributed by atoms with Gasteiger partial charge in [0.05, 0.1) is 7.05 Å². The number of ether oxygens (including phenoxy) is 2. The SMILES string of the molecule is Cc1cnc(COc2ccc(Sc3ccc(OCc4ncc([N+](=O)[O-])n4C)cc3)cc2)n1C. The van der Waals surface area contributed by atoms with E-state index >= 15 is 0 Å². The highest BCUT2D eigenvalue weighted by Crippen LogP contribution is 2.30. The summed E-state index contributed by atoms with van der Waals surface area (Å²) in [6.07, 6.45) is 3.06. The van der Waals surface area contributed by atoms with Crippen LogP contribution in [0, 0.1) is 17.0 Å². The Morgan fingerprint density at radius 1 is 0.848 bits per heavy atom. The van der Waals surface area contributed by atoms with Crippen molar-refractivity contribution in [3.05, 3.63) is 88.4 Å². The van der Waals surface area contributed by atoms with Crippen LogP contribution < -0.4 is 9.47 Å². The van der Waals surface area contributed by atoms with Crippen molar-refractivity contribution in [1.82, 2.24) is 19.1 Å². The molecule has 0 aliphatic rings. The van der Waals surface area contributed by atoms with Gasteiger partial charge >= 0.3 is 5.82 Å². The zero-order chi connectivity index (χ0) is 23.4. The highest BCUT2D eigenvalue weighted by atomic mass is 32.2. The number of aromatic nitrogens is 4. The fraction of sp³-hybridized carbons (Fsp3) is 0.217. The van der Waals surface area contributed by atoms with Crippen LogP contribution >= 0.6 is 11.8 Å². The van der Waals surface area contributed by atoms with Crippen LogP contribution in [0.5, 0.6) is 11.5 Å². The summed E-state index contributed by atoms with van der Waals surface area (Å²) >= 11 is 1.63. The van der Waals surface area contributed by atoms with Crippen molar-refractivity contribution in [1.29, 1.82) is 0 Å². The van der Waals surface area contributed by atoms with Crippen molar-refractivity contribution in [2.75, 3.05) is 0 Å². The lowest BCUT2D eigenvalue weighted by atomic mass is 10.3. The third-order valence-corrected chi connectivity index (χ3v) is 6.20. The van der Waals surface area contributed by atoms with Crippen LogP contribution in [0.2, 0.25) is 0 Å². The minimum absolute atomic E-state index is 0.0662. The van der Waals surface area contributed by atoms with Gasteiger partial charge in [-0.25, -0.2) is 14.5 Å². The lowest BCUT2D eigenvalue weighted by Gasteiger charge is -2.08. The Labute approximate surface area is 195 Å². The molecule has 0 bridgehead atoms. The van der Waals surface area contributed by atoms with Gasteiger partial charge in [-0.05, 0) is 60.4 Å². The molecule has 2 heterocycles. The first-order valence-electron chi connectivity index (χ1n) is 10.2. The molecule has 0 N–H and O–H groups in total. The molecule has 4 rings (SSSR count). The Bertz CT molecular complexity index is 1250. The first-order valence-corrected chi connectivity index (χ1v) is 11.0. The Morgan fingerprint density at radius 2 is 1.33 bits per heavy atom. The van der Waals surface area contributed by atoms with Gasteiger partial charge in [-0.2, -0.15) is 0 Å². The fourth-order valence-electron chi connectivity index (χ4n) is 3.06. The number of nitro groups is 1. The highest BCUT2D eigenvalue weighted by Gasteiger charge is 2.16. The van der Waals surface area contributed by atoms with Crippen LogP contribution in [-0.4, -0.2) is 24.0 Å². The normalized spacial score (nSPS) is 10.9. The molecule has 9 nitrogen and oxygen atoms in total. The van der Waals surface area contributed by atoms with E-state index in [1.165, 1.54) is 10.8 Å². The number of hydrogen-bond donors (Lipinski definition) is 0. The van der Waals surface area contributed by atoms with E-state index in [9.17, 15) is 10.1 Å². The van der Waals surface area contributed by atoms with Crippen LogP contribution in [0.25, 0.3) is 0 Å². The zero-order valence-corrected chi connectivity index (χ0v) is 19.3. The molecule has 0 spiro atoms. The molecule has 0 aliphatic carbocycles. The van der Waals surface area contributed by atoms with Crippen molar-refractivity contribution in [3.8, 4) is 11.5 Å².